The fourth-order valence-corrected chi connectivity index (χ4v) is 2.00. The molecule has 3 heteroatoms. The molecule has 1 atom stereocenters. The highest BCUT2D eigenvalue weighted by Gasteiger charge is 2.20. The zero-order valence-electron chi connectivity index (χ0n) is 10.2. The summed E-state index contributed by atoms with van der Waals surface area (Å²) in [5.74, 6) is 0.583. The first-order valence-electron chi connectivity index (χ1n) is 5.86. The molecule has 0 aliphatic rings. The largest absolute Gasteiger partial charge is 0.378 e. The number of fused-ring (bicyclic) bond motifs is 1. The number of hydrogen-bond donors (Lipinski definition) is 1. The molecule has 1 aromatic heterocycles. The molecular formula is C14H17ClN2. The lowest BCUT2D eigenvalue weighted by atomic mass is 10.0. The number of nitrogens with one attached hydrogen (secondary N) is 1. The third kappa shape index (κ3) is 2.52. The van der Waals surface area contributed by atoms with Crippen molar-refractivity contribution in [3.05, 3.63) is 36.5 Å². The SMILES string of the molecule is CCC(C)(CCl)Nc1ccnc2ccccc12. The van der Waals surface area contributed by atoms with Gasteiger partial charge in [0.25, 0.3) is 0 Å². The topological polar surface area (TPSA) is 24.9 Å². The van der Waals surface area contributed by atoms with Crippen LogP contribution in [-0.4, -0.2) is 16.4 Å². The summed E-state index contributed by atoms with van der Waals surface area (Å²) >= 11 is 6.03. The van der Waals surface area contributed by atoms with Gasteiger partial charge in [0.2, 0.25) is 0 Å². The minimum absolute atomic E-state index is 0.0777. The third-order valence-electron chi connectivity index (χ3n) is 3.16. The average Bonchev–Trinajstić information content (AvgIpc) is 2.39. The van der Waals surface area contributed by atoms with Crippen LogP contribution in [0.2, 0.25) is 0 Å². The number of nitrogens with zero attached hydrogens (tertiary/aromatic N) is 1. The van der Waals surface area contributed by atoms with E-state index in [2.05, 4.69) is 30.2 Å². The molecule has 1 aromatic carbocycles. The molecule has 0 fully saturated rings. The van der Waals surface area contributed by atoms with Crippen LogP contribution in [-0.2, 0) is 0 Å². The van der Waals surface area contributed by atoms with Crippen molar-refractivity contribution in [1.82, 2.24) is 4.98 Å². The molecule has 0 spiro atoms. The van der Waals surface area contributed by atoms with E-state index in [1.54, 1.807) is 0 Å². The van der Waals surface area contributed by atoms with Gasteiger partial charge in [-0.3, -0.25) is 4.98 Å². The van der Waals surface area contributed by atoms with Gasteiger partial charge in [0.1, 0.15) is 0 Å². The van der Waals surface area contributed by atoms with Crippen LogP contribution in [0.25, 0.3) is 10.9 Å². The lowest BCUT2D eigenvalue weighted by Crippen LogP contribution is -2.35. The first-order valence-corrected chi connectivity index (χ1v) is 6.40. The Bertz CT molecular complexity index is 501. The van der Waals surface area contributed by atoms with Crippen LogP contribution in [0.1, 0.15) is 20.3 Å². The van der Waals surface area contributed by atoms with Crippen LogP contribution in [0.3, 0.4) is 0 Å². The molecule has 0 bridgehead atoms. The summed E-state index contributed by atoms with van der Waals surface area (Å²) in [6.07, 6.45) is 2.81. The molecule has 2 nitrogen and oxygen atoms in total. The van der Waals surface area contributed by atoms with E-state index in [1.165, 1.54) is 0 Å². The van der Waals surface area contributed by atoms with Crippen molar-refractivity contribution in [3.63, 3.8) is 0 Å². The molecule has 1 unspecified atom stereocenters. The Hall–Kier alpha value is -1.28. The van der Waals surface area contributed by atoms with Crippen LogP contribution in [0.4, 0.5) is 5.69 Å². The molecule has 0 saturated carbocycles. The standard InChI is InChI=1S/C14H17ClN2/c1-3-14(2,10-15)17-13-8-9-16-12-7-5-4-6-11(12)13/h4-9H,3,10H2,1-2H3,(H,16,17). The lowest BCUT2D eigenvalue weighted by molar-refractivity contribution is 0.554. The third-order valence-corrected chi connectivity index (χ3v) is 3.75. The van der Waals surface area contributed by atoms with Gasteiger partial charge in [-0.25, -0.2) is 0 Å². The zero-order chi connectivity index (χ0) is 12.3. The number of halogens is 1. The highest BCUT2D eigenvalue weighted by atomic mass is 35.5. The van der Waals surface area contributed by atoms with Crippen LogP contribution in [0, 0.1) is 0 Å². The molecule has 1 N–H and O–H groups in total. The summed E-state index contributed by atoms with van der Waals surface area (Å²) < 4.78 is 0. The Morgan fingerprint density at radius 3 is 2.76 bits per heavy atom. The minimum atomic E-state index is -0.0777. The van der Waals surface area contributed by atoms with Gasteiger partial charge in [-0.1, -0.05) is 25.1 Å². The summed E-state index contributed by atoms with van der Waals surface area (Å²) in [4.78, 5) is 4.35. The van der Waals surface area contributed by atoms with Crippen LogP contribution < -0.4 is 5.32 Å². The molecule has 17 heavy (non-hydrogen) atoms. The van der Waals surface area contributed by atoms with Gasteiger partial charge in [-0.2, -0.15) is 0 Å². The van der Waals surface area contributed by atoms with Gasteiger partial charge >= 0.3 is 0 Å². The van der Waals surface area contributed by atoms with Crippen LogP contribution >= 0.6 is 11.6 Å². The smallest absolute Gasteiger partial charge is 0.0722 e. The summed E-state index contributed by atoms with van der Waals surface area (Å²) in [6, 6.07) is 10.1. The van der Waals surface area contributed by atoms with E-state index in [0.717, 1.165) is 23.0 Å². The summed E-state index contributed by atoms with van der Waals surface area (Å²) in [7, 11) is 0. The Kier molecular flexibility index (Phi) is 3.53. The second-order valence-electron chi connectivity index (χ2n) is 4.55. The number of pyridine rings is 1. The maximum Gasteiger partial charge on any atom is 0.0722 e. The zero-order valence-corrected chi connectivity index (χ0v) is 11.0. The second kappa shape index (κ2) is 4.92. The van der Waals surface area contributed by atoms with E-state index in [1.807, 2.05) is 30.5 Å². The summed E-state index contributed by atoms with van der Waals surface area (Å²) in [5.41, 5.74) is 2.03. The van der Waals surface area contributed by atoms with Gasteiger partial charge in [0, 0.05) is 28.7 Å². The van der Waals surface area contributed by atoms with Gasteiger partial charge in [-0.05, 0) is 25.5 Å². The van der Waals surface area contributed by atoms with E-state index in [4.69, 9.17) is 11.6 Å². The molecule has 0 radical (unpaired) electrons. The van der Waals surface area contributed by atoms with Crippen molar-refractivity contribution >= 4 is 28.2 Å². The first kappa shape index (κ1) is 12.2. The quantitative estimate of drug-likeness (QED) is 0.826. The number of rotatable bonds is 4. The van der Waals surface area contributed by atoms with Crippen molar-refractivity contribution in [1.29, 1.82) is 0 Å². The maximum atomic E-state index is 6.03. The second-order valence-corrected chi connectivity index (χ2v) is 4.82. The molecular weight excluding hydrogens is 232 g/mol. The molecule has 90 valence electrons. The molecule has 0 aliphatic carbocycles. The maximum absolute atomic E-state index is 6.03. The van der Waals surface area contributed by atoms with Gasteiger partial charge in [-0.15, -0.1) is 11.6 Å². The van der Waals surface area contributed by atoms with Crippen molar-refractivity contribution in [2.75, 3.05) is 11.2 Å². The number of benzene rings is 1. The highest BCUT2D eigenvalue weighted by molar-refractivity contribution is 6.18. The fraction of sp³-hybridized carbons (Fsp3) is 0.357. The van der Waals surface area contributed by atoms with Gasteiger partial charge in [0.15, 0.2) is 0 Å². The van der Waals surface area contributed by atoms with E-state index in [-0.39, 0.29) is 5.54 Å². The Morgan fingerprint density at radius 1 is 1.29 bits per heavy atom. The van der Waals surface area contributed by atoms with Crippen molar-refractivity contribution in [2.24, 2.45) is 0 Å². The van der Waals surface area contributed by atoms with Crippen LogP contribution in [0.5, 0.6) is 0 Å². The molecule has 0 saturated heterocycles. The van der Waals surface area contributed by atoms with Crippen molar-refractivity contribution in [2.45, 2.75) is 25.8 Å². The van der Waals surface area contributed by atoms with E-state index >= 15 is 0 Å². The number of aromatic nitrogens is 1. The normalized spacial score (nSPS) is 14.5. The first-order chi connectivity index (χ1) is 8.18. The van der Waals surface area contributed by atoms with Crippen molar-refractivity contribution in [3.8, 4) is 0 Å². The Morgan fingerprint density at radius 2 is 2.06 bits per heavy atom. The molecule has 2 aromatic rings. The number of para-hydroxylation sites is 1. The Labute approximate surface area is 107 Å². The number of alkyl halides is 1. The monoisotopic (exact) mass is 248 g/mol. The molecule has 0 amide bonds. The van der Waals surface area contributed by atoms with Gasteiger partial charge < -0.3 is 5.32 Å². The minimum Gasteiger partial charge on any atom is -0.378 e. The summed E-state index contributed by atoms with van der Waals surface area (Å²) in [6.45, 7) is 4.27. The highest BCUT2D eigenvalue weighted by Crippen LogP contribution is 2.26. The summed E-state index contributed by atoms with van der Waals surface area (Å²) in [5, 5.41) is 4.66. The van der Waals surface area contributed by atoms with Crippen LogP contribution in [0.15, 0.2) is 36.5 Å². The van der Waals surface area contributed by atoms with E-state index in [0.29, 0.717) is 5.88 Å². The van der Waals surface area contributed by atoms with Crippen molar-refractivity contribution < 1.29 is 0 Å². The lowest BCUT2D eigenvalue weighted by Gasteiger charge is -2.29. The number of anilines is 1. The molecule has 1 heterocycles. The van der Waals surface area contributed by atoms with E-state index in [9.17, 15) is 0 Å². The number of hydrogen-bond acceptors (Lipinski definition) is 2. The van der Waals surface area contributed by atoms with E-state index < -0.39 is 0 Å². The predicted octanol–water partition coefficient (Wildman–Crippen LogP) is 4.05. The molecule has 2 rings (SSSR count). The Balaban J connectivity index is 2.42. The predicted molar refractivity (Wildman–Crippen MR) is 74.8 cm³/mol. The molecule has 0 aliphatic heterocycles. The average molecular weight is 249 g/mol. The van der Waals surface area contributed by atoms with Gasteiger partial charge in [0.05, 0.1) is 5.52 Å². The fourth-order valence-electron chi connectivity index (χ4n) is 1.75.